The van der Waals surface area contributed by atoms with Gasteiger partial charge in [-0.1, -0.05) is 24.3 Å². The molecule has 1 aromatic heterocycles. The molecule has 36 heavy (non-hydrogen) atoms. The minimum absolute atomic E-state index is 0.0591. The lowest BCUT2D eigenvalue weighted by molar-refractivity contribution is 0.0919. The van der Waals surface area contributed by atoms with Gasteiger partial charge in [0, 0.05) is 16.5 Å². The Labute approximate surface area is 207 Å². The predicted molar refractivity (Wildman–Crippen MR) is 135 cm³/mol. The first kappa shape index (κ1) is 23.4. The second-order valence-corrected chi connectivity index (χ2v) is 8.38. The third-order valence-electron chi connectivity index (χ3n) is 6.33. The smallest absolute Gasteiger partial charge is 0.262 e. The molecule has 0 saturated heterocycles. The quantitative estimate of drug-likeness (QED) is 0.357. The maximum absolute atomic E-state index is 13.9. The van der Waals surface area contributed by atoms with Gasteiger partial charge in [0.1, 0.15) is 24.2 Å². The molecule has 1 aliphatic carbocycles. The maximum atomic E-state index is 13.9. The fourth-order valence-corrected chi connectivity index (χ4v) is 4.68. The maximum Gasteiger partial charge on any atom is 0.262 e. The number of rotatable bonds is 8. The summed E-state index contributed by atoms with van der Waals surface area (Å²) < 4.78 is 23.2. The highest BCUT2D eigenvalue weighted by molar-refractivity contribution is 6.27. The van der Waals surface area contributed by atoms with E-state index >= 15 is 0 Å². The number of hydrogen-bond donors (Lipinski definition) is 1. The van der Waals surface area contributed by atoms with Crippen molar-refractivity contribution in [3.8, 4) is 34.3 Å². The largest absolute Gasteiger partial charge is 0.497 e. The minimum atomic E-state index is -1.04. The summed E-state index contributed by atoms with van der Waals surface area (Å²) in [7, 11) is 4.51. The Morgan fingerprint density at radius 3 is 2.19 bits per heavy atom. The number of aliphatic hydroxyl groups is 1. The summed E-state index contributed by atoms with van der Waals surface area (Å²) in [5, 5.41) is 11.6. The highest BCUT2D eigenvalue weighted by atomic mass is 16.5. The van der Waals surface area contributed by atoms with Crippen molar-refractivity contribution in [2.45, 2.75) is 12.6 Å². The van der Waals surface area contributed by atoms with Crippen molar-refractivity contribution in [3.05, 3.63) is 82.1 Å². The van der Waals surface area contributed by atoms with Crippen molar-refractivity contribution in [3.63, 3.8) is 0 Å². The van der Waals surface area contributed by atoms with Crippen molar-refractivity contribution >= 4 is 16.6 Å². The molecular weight excluding hydrogens is 462 g/mol. The van der Waals surface area contributed by atoms with Gasteiger partial charge in [-0.3, -0.25) is 9.59 Å². The summed E-state index contributed by atoms with van der Waals surface area (Å²) in [6, 6.07) is 17.5. The van der Waals surface area contributed by atoms with Gasteiger partial charge in [0.2, 0.25) is 0 Å². The van der Waals surface area contributed by atoms with E-state index in [1.54, 1.807) is 55.6 Å². The summed E-state index contributed by atoms with van der Waals surface area (Å²) in [6.45, 7) is -0.147. The molecule has 3 aromatic carbocycles. The molecule has 8 nitrogen and oxygen atoms in total. The van der Waals surface area contributed by atoms with Crippen LogP contribution < -0.4 is 24.5 Å². The van der Waals surface area contributed by atoms with Gasteiger partial charge in [-0.2, -0.15) is 0 Å². The van der Waals surface area contributed by atoms with E-state index in [-0.39, 0.29) is 30.1 Å². The summed E-state index contributed by atoms with van der Waals surface area (Å²) in [4.78, 5) is 27.4. The zero-order chi connectivity index (χ0) is 25.4. The molecule has 0 saturated carbocycles. The van der Waals surface area contributed by atoms with Crippen LogP contribution in [0.25, 0.3) is 22.0 Å². The van der Waals surface area contributed by atoms with Gasteiger partial charge in [-0.05, 0) is 36.4 Å². The standard InChI is InChI=1S/C28H25NO7/c1-33-17-8-10-18(11-9-17)36-15-16(30)14-29-25-19-6-4-5-7-20(19)26(31)23(25)21-12-13-22(34-2)27(35-3)24(21)28(29)32/h4-13,16,30H,14-15H2,1-3H3/t16-/m0/s1. The number of aromatic nitrogens is 1. The van der Waals surface area contributed by atoms with Crippen molar-refractivity contribution in [2.75, 3.05) is 27.9 Å². The van der Waals surface area contributed by atoms with E-state index in [4.69, 9.17) is 18.9 Å². The zero-order valence-corrected chi connectivity index (χ0v) is 20.1. The number of pyridine rings is 1. The van der Waals surface area contributed by atoms with Crippen LogP contribution in [0, 0.1) is 0 Å². The number of ketones is 1. The molecule has 0 radical (unpaired) electrons. The van der Waals surface area contributed by atoms with Crippen LogP contribution in [0.3, 0.4) is 0 Å². The average molecular weight is 488 g/mol. The van der Waals surface area contributed by atoms with Crippen LogP contribution in [0.5, 0.6) is 23.0 Å². The topological polar surface area (TPSA) is 96.2 Å². The van der Waals surface area contributed by atoms with Crippen LogP contribution in [0.2, 0.25) is 0 Å². The molecule has 1 heterocycles. The van der Waals surface area contributed by atoms with Gasteiger partial charge in [-0.25, -0.2) is 0 Å². The second-order valence-electron chi connectivity index (χ2n) is 8.38. The van der Waals surface area contributed by atoms with Crippen molar-refractivity contribution in [1.82, 2.24) is 4.57 Å². The molecule has 4 aromatic rings. The molecule has 5 rings (SSSR count). The summed E-state index contributed by atoms with van der Waals surface area (Å²) in [5.41, 5.74) is 1.63. The van der Waals surface area contributed by atoms with Gasteiger partial charge in [-0.15, -0.1) is 0 Å². The Hall–Kier alpha value is -4.30. The number of ether oxygens (including phenoxy) is 4. The first-order chi connectivity index (χ1) is 17.5. The van der Waals surface area contributed by atoms with E-state index in [2.05, 4.69) is 0 Å². The first-order valence-corrected chi connectivity index (χ1v) is 11.4. The number of carbonyl (C=O) groups excluding carboxylic acids is 1. The molecular formula is C28H25NO7. The molecule has 0 amide bonds. The Kier molecular flexibility index (Phi) is 6.12. The van der Waals surface area contributed by atoms with Crippen molar-refractivity contribution in [2.24, 2.45) is 0 Å². The highest BCUT2D eigenvalue weighted by Gasteiger charge is 2.34. The lowest BCUT2D eigenvalue weighted by atomic mass is 10.0. The molecule has 8 heteroatoms. The molecule has 0 bridgehead atoms. The average Bonchev–Trinajstić information content (AvgIpc) is 3.21. The summed E-state index contributed by atoms with van der Waals surface area (Å²) in [5.74, 6) is 1.67. The summed E-state index contributed by atoms with van der Waals surface area (Å²) >= 11 is 0. The fraction of sp³-hybridized carbons (Fsp3) is 0.214. The monoisotopic (exact) mass is 487 g/mol. The Morgan fingerprint density at radius 2 is 1.53 bits per heavy atom. The molecule has 0 fully saturated rings. The van der Waals surface area contributed by atoms with Crippen LogP contribution in [0.4, 0.5) is 0 Å². The number of benzene rings is 3. The Bertz CT molecular complexity index is 1520. The van der Waals surface area contributed by atoms with E-state index in [9.17, 15) is 14.7 Å². The normalized spacial score (nSPS) is 12.7. The van der Waals surface area contributed by atoms with Crippen LogP contribution >= 0.6 is 0 Å². The van der Waals surface area contributed by atoms with E-state index in [0.29, 0.717) is 45.0 Å². The number of nitrogens with zero attached hydrogens (tertiary/aromatic N) is 1. The van der Waals surface area contributed by atoms with Gasteiger partial charge >= 0.3 is 0 Å². The second kappa shape index (κ2) is 9.39. The van der Waals surface area contributed by atoms with E-state index in [0.717, 1.165) is 0 Å². The number of carbonyl (C=O) groups is 1. The van der Waals surface area contributed by atoms with Crippen LogP contribution in [-0.4, -0.2) is 49.5 Å². The molecule has 1 N–H and O–H groups in total. The molecule has 1 atom stereocenters. The van der Waals surface area contributed by atoms with Crippen LogP contribution in [0.15, 0.2) is 65.5 Å². The lowest BCUT2D eigenvalue weighted by Crippen LogP contribution is -2.32. The van der Waals surface area contributed by atoms with Gasteiger partial charge in [0.15, 0.2) is 17.3 Å². The van der Waals surface area contributed by atoms with Gasteiger partial charge in [0.25, 0.3) is 5.56 Å². The third kappa shape index (κ3) is 3.76. The SMILES string of the molecule is COc1ccc(OC[C@@H](O)Cn2c3c(c4ccc(OC)c(OC)c4c2=O)C(=O)c2ccccc2-3)cc1. The number of hydrogen-bond acceptors (Lipinski definition) is 7. The van der Waals surface area contributed by atoms with Gasteiger partial charge in [0.05, 0.1) is 44.5 Å². The number of aliphatic hydroxyl groups excluding tert-OH is 1. The lowest BCUT2D eigenvalue weighted by Gasteiger charge is -2.20. The zero-order valence-electron chi connectivity index (χ0n) is 20.1. The Morgan fingerprint density at radius 1 is 0.833 bits per heavy atom. The molecule has 0 spiro atoms. The minimum Gasteiger partial charge on any atom is -0.497 e. The van der Waals surface area contributed by atoms with Crippen LogP contribution in [-0.2, 0) is 6.54 Å². The van der Waals surface area contributed by atoms with E-state index in [1.165, 1.54) is 18.8 Å². The predicted octanol–water partition coefficient (Wildman–Crippen LogP) is 3.68. The fourth-order valence-electron chi connectivity index (χ4n) is 4.68. The Balaban J connectivity index is 1.61. The number of fused-ring (bicyclic) bond motifs is 5. The van der Waals surface area contributed by atoms with Gasteiger partial charge < -0.3 is 28.6 Å². The van der Waals surface area contributed by atoms with Crippen molar-refractivity contribution in [1.29, 1.82) is 0 Å². The van der Waals surface area contributed by atoms with Crippen LogP contribution in [0.1, 0.15) is 15.9 Å². The third-order valence-corrected chi connectivity index (χ3v) is 6.33. The first-order valence-electron chi connectivity index (χ1n) is 11.4. The molecule has 0 unspecified atom stereocenters. The van der Waals surface area contributed by atoms with E-state index in [1.807, 2.05) is 12.1 Å². The molecule has 184 valence electrons. The molecule has 0 aliphatic heterocycles. The summed E-state index contributed by atoms with van der Waals surface area (Å²) in [6.07, 6.45) is -1.04. The highest BCUT2D eigenvalue weighted by Crippen LogP contribution is 2.43. The molecule has 1 aliphatic rings. The van der Waals surface area contributed by atoms with Crippen molar-refractivity contribution < 1.29 is 28.8 Å². The van der Waals surface area contributed by atoms with E-state index < -0.39 is 11.7 Å². The number of methoxy groups -OCH3 is 3.